The van der Waals surface area contributed by atoms with Crippen LogP contribution in [0, 0.1) is 0 Å². The predicted molar refractivity (Wildman–Crippen MR) is 108 cm³/mol. The van der Waals surface area contributed by atoms with Crippen LogP contribution in [0.3, 0.4) is 0 Å². The zero-order chi connectivity index (χ0) is 19.7. The van der Waals surface area contributed by atoms with Crippen molar-refractivity contribution in [2.75, 3.05) is 24.5 Å². The van der Waals surface area contributed by atoms with E-state index < -0.39 is 6.04 Å². The van der Waals surface area contributed by atoms with Crippen molar-refractivity contribution in [3.05, 3.63) is 53.3 Å². The van der Waals surface area contributed by atoms with Gasteiger partial charge in [0.2, 0.25) is 5.91 Å². The SMILES string of the molecule is Cn1nccc1C1=CCN(C(=O)NC2CCN(c3ccccc3Cl)C2=O)CC1. The van der Waals surface area contributed by atoms with Gasteiger partial charge in [0.1, 0.15) is 6.04 Å². The maximum absolute atomic E-state index is 12.7. The summed E-state index contributed by atoms with van der Waals surface area (Å²) in [7, 11) is 1.91. The smallest absolute Gasteiger partial charge is 0.318 e. The van der Waals surface area contributed by atoms with Crippen molar-refractivity contribution in [3.8, 4) is 0 Å². The van der Waals surface area contributed by atoms with Gasteiger partial charge in [0, 0.05) is 32.9 Å². The Bertz CT molecular complexity index is 938. The molecule has 1 N–H and O–H groups in total. The van der Waals surface area contributed by atoms with Gasteiger partial charge in [-0.3, -0.25) is 9.48 Å². The number of aromatic nitrogens is 2. The number of carbonyl (C=O) groups excluding carboxylic acids is 2. The molecule has 1 unspecified atom stereocenters. The van der Waals surface area contributed by atoms with Crippen LogP contribution in [0.1, 0.15) is 18.5 Å². The van der Waals surface area contributed by atoms with Gasteiger partial charge in [-0.25, -0.2) is 4.79 Å². The minimum absolute atomic E-state index is 0.121. The van der Waals surface area contributed by atoms with Gasteiger partial charge in [-0.15, -0.1) is 0 Å². The molecule has 3 heterocycles. The number of para-hydroxylation sites is 1. The molecular formula is C20H22ClN5O2. The lowest BCUT2D eigenvalue weighted by molar-refractivity contribution is -0.118. The van der Waals surface area contributed by atoms with E-state index in [1.807, 2.05) is 42.1 Å². The highest BCUT2D eigenvalue weighted by molar-refractivity contribution is 6.34. The second kappa shape index (κ2) is 7.67. The van der Waals surface area contributed by atoms with Crippen LogP contribution in [0.4, 0.5) is 10.5 Å². The number of rotatable bonds is 3. The number of benzene rings is 1. The second-order valence-electron chi connectivity index (χ2n) is 7.00. The summed E-state index contributed by atoms with van der Waals surface area (Å²) in [5.74, 6) is -0.121. The van der Waals surface area contributed by atoms with Gasteiger partial charge in [0.05, 0.1) is 16.4 Å². The fourth-order valence-corrected chi connectivity index (χ4v) is 3.98. The minimum Gasteiger partial charge on any atom is -0.326 e. The maximum Gasteiger partial charge on any atom is 0.318 e. The Morgan fingerprint density at radius 1 is 1.25 bits per heavy atom. The van der Waals surface area contributed by atoms with Crippen LogP contribution in [-0.4, -0.2) is 52.3 Å². The largest absolute Gasteiger partial charge is 0.326 e. The topological polar surface area (TPSA) is 70.5 Å². The average Bonchev–Trinajstić information content (AvgIpc) is 3.28. The van der Waals surface area contributed by atoms with Crippen LogP contribution in [0.2, 0.25) is 5.02 Å². The Morgan fingerprint density at radius 3 is 2.75 bits per heavy atom. The molecular weight excluding hydrogens is 378 g/mol. The van der Waals surface area contributed by atoms with Crippen LogP contribution in [-0.2, 0) is 11.8 Å². The van der Waals surface area contributed by atoms with Gasteiger partial charge in [0.15, 0.2) is 0 Å². The number of urea groups is 1. The quantitative estimate of drug-likeness (QED) is 0.862. The molecule has 0 radical (unpaired) electrons. The van der Waals surface area contributed by atoms with Gasteiger partial charge in [-0.2, -0.15) is 5.10 Å². The molecule has 28 heavy (non-hydrogen) atoms. The number of halogens is 1. The lowest BCUT2D eigenvalue weighted by atomic mass is 10.1. The fourth-order valence-electron chi connectivity index (χ4n) is 3.74. The molecule has 8 heteroatoms. The first kappa shape index (κ1) is 18.6. The third-order valence-corrected chi connectivity index (χ3v) is 5.61. The van der Waals surface area contributed by atoms with Gasteiger partial charge < -0.3 is 15.1 Å². The number of hydrogen-bond donors (Lipinski definition) is 1. The number of carbonyl (C=O) groups is 2. The van der Waals surface area contributed by atoms with Gasteiger partial charge in [-0.1, -0.05) is 29.8 Å². The van der Waals surface area contributed by atoms with Gasteiger partial charge >= 0.3 is 6.03 Å². The molecule has 3 amide bonds. The minimum atomic E-state index is -0.522. The number of nitrogens with one attached hydrogen (secondary N) is 1. The number of aryl methyl sites for hydroxylation is 1. The lowest BCUT2D eigenvalue weighted by Gasteiger charge is -2.28. The Morgan fingerprint density at radius 2 is 2.07 bits per heavy atom. The van der Waals surface area contributed by atoms with Crippen LogP contribution >= 0.6 is 11.6 Å². The highest BCUT2D eigenvalue weighted by atomic mass is 35.5. The molecule has 0 aliphatic carbocycles. The van der Waals surface area contributed by atoms with Crippen LogP contribution in [0.25, 0.3) is 5.57 Å². The Labute approximate surface area is 168 Å². The molecule has 0 spiro atoms. The first-order chi connectivity index (χ1) is 13.5. The summed E-state index contributed by atoms with van der Waals surface area (Å²) >= 11 is 6.21. The number of hydrogen-bond acceptors (Lipinski definition) is 3. The third kappa shape index (κ3) is 3.49. The molecule has 2 aliphatic rings. The van der Waals surface area contributed by atoms with Crippen molar-refractivity contribution in [2.45, 2.75) is 18.9 Å². The normalized spacial score (nSPS) is 19.7. The molecule has 1 aromatic heterocycles. The van der Waals surface area contributed by atoms with Crippen molar-refractivity contribution in [1.29, 1.82) is 0 Å². The molecule has 1 fully saturated rings. The van der Waals surface area contributed by atoms with E-state index in [0.717, 1.165) is 12.1 Å². The molecule has 2 aliphatic heterocycles. The standard InChI is InChI=1S/C20H22ClN5O2/c1-24-17(6-10-22-24)14-7-11-25(12-8-14)20(28)23-16-9-13-26(19(16)27)18-5-3-2-4-15(18)21/h2-7,10,16H,8-9,11-13H2,1H3,(H,23,28). The van der Waals surface area contributed by atoms with E-state index in [-0.39, 0.29) is 11.9 Å². The average molecular weight is 400 g/mol. The van der Waals surface area contributed by atoms with Crippen molar-refractivity contribution >= 4 is 34.8 Å². The molecule has 1 saturated heterocycles. The first-order valence-electron chi connectivity index (χ1n) is 9.33. The zero-order valence-corrected chi connectivity index (χ0v) is 16.4. The van der Waals surface area contributed by atoms with Gasteiger partial charge in [0.25, 0.3) is 0 Å². The molecule has 2 aromatic rings. The molecule has 0 bridgehead atoms. The van der Waals surface area contributed by atoms with E-state index in [2.05, 4.69) is 10.4 Å². The van der Waals surface area contributed by atoms with Crippen molar-refractivity contribution in [3.63, 3.8) is 0 Å². The highest BCUT2D eigenvalue weighted by Gasteiger charge is 2.35. The number of amides is 3. The maximum atomic E-state index is 12.7. The molecule has 4 rings (SSSR count). The van der Waals surface area contributed by atoms with E-state index in [4.69, 9.17) is 11.6 Å². The van der Waals surface area contributed by atoms with Crippen LogP contribution in [0.15, 0.2) is 42.6 Å². The molecule has 1 atom stereocenters. The summed E-state index contributed by atoms with van der Waals surface area (Å²) in [6.45, 7) is 1.66. The summed E-state index contributed by atoms with van der Waals surface area (Å²) in [5, 5.41) is 7.61. The summed E-state index contributed by atoms with van der Waals surface area (Å²) in [6, 6.07) is 8.50. The van der Waals surface area contributed by atoms with Crippen LogP contribution in [0.5, 0.6) is 0 Å². The summed E-state index contributed by atoms with van der Waals surface area (Å²) in [5.41, 5.74) is 2.94. The molecule has 1 aromatic carbocycles. The Balaban J connectivity index is 1.37. The molecule has 0 saturated carbocycles. The van der Waals surface area contributed by atoms with E-state index in [0.29, 0.717) is 36.8 Å². The van der Waals surface area contributed by atoms with E-state index in [1.54, 1.807) is 22.1 Å². The van der Waals surface area contributed by atoms with E-state index >= 15 is 0 Å². The monoisotopic (exact) mass is 399 g/mol. The lowest BCUT2D eigenvalue weighted by Crippen LogP contribution is -2.49. The fraction of sp³-hybridized carbons (Fsp3) is 0.350. The second-order valence-corrected chi connectivity index (χ2v) is 7.40. The van der Waals surface area contributed by atoms with E-state index in [9.17, 15) is 9.59 Å². The summed E-state index contributed by atoms with van der Waals surface area (Å²) < 4.78 is 1.84. The molecule has 146 valence electrons. The number of nitrogens with zero attached hydrogens (tertiary/aromatic N) is 4. The van der Waals surface area contributed by atoms with Crippen molar-refractivity contribution in [1.82, 2.24) is 20.0 Å². The zero-order valence-electron chi connectivity index (χ0n) is 15.6. The van der Waals surface area contributed by atoms with Crippen LogP contribution < -0.4 is 10.2 Å². The summed E-state index contributed by atoms with van der Waals surface area (Å²) in [6.07, 6.45) is 5.15. The highest BCUT2D eigenvalue weighted by Crippen LogP contribution is 2.29. The predicted octanol–water partition coefficient (Wildman–Crippen LogP) is 2.68. The van der Waals surface area contributed by atoms with Crippen molar-refractivity contribution < 1.29 is 9.59 Å². The summed E-state index contributed by atoms with van der Waals surface area (Å²) in [4.78, 5) is 28.7. The van der Waals surface area contributed by atoms with Crippen molar-refractivity contribution in [2.24, 2.45) is 7.05 Å². The van der Waals surface area contributed by atoms with Gasteiger partial charge in [-0.05, 0) is 36.6 Å². The Kier molecular flexibility index (Phi) is 5.09. The first-order valence-corrected chi connectivity index (χ1v) is 9.71. The Hall–Kier alpha value is -2.80. The molecule has 7 nitrogen and oxygen atoms in total. The van der Waals surface area contributed by atoms with E-state index in [1.165, 1.54) is 5.57 Å². The third-order valence-electron chi connectivity index (χ3n) is 5.29. The number of anilines is 1.